The number of carbonyl (C=O) groups is 3. The average Bonchev–Trinajstić information content (AvgIpc) is 3.10. The maximum absolute atomic E-state index is 13.6. The predicted molar refractivity (Wildman–Crippen MR) is 118 cm³/mol. The SMILES string of the molecule is COc1ccc(C(=O)N2C(C(=O)NC(C)C)COC23CCN(C(=O)C2CCC2)CC3)cc1. The van der Waals surface area contributed by atoms with Gasteiger partial charge in [0.1, 0.15) is 17.5 Å². The highest BCUT2D eigenvalue weighted by Gasteiger charge is 2.54. The van der Waals surface area contributed by atoms with Crippen LogP contribution in [0.2, 0.25) is 0 Å². The second-order valence-electron chi connectivity index (χ2n) is 9.29. The van der Waals surface area contributed by atoms with Crippen LogP contribution in [0.3, 0.4) is 0 Å². The van der Waals surface area contributed by atoms with Crippen LogP contribution >= 0.6 is 0 Å². The minimum atomic E-state index is -0.883. The molecule has 0 aromatic heterocycles. The summed E-state index contributed by atoms with van der Waals surface area (Å²) in [6, 6.07) is 6.14. The summed E-state index contributed by atoms with van der Waals surface area (Å²) in [5, 5.41) is 2.92. The van der Waals surface area contributed by atoms with Crippen molar-refractivity contribution in [3.8, 4) is 5.75 Å². The topological polar surface area (TPSA) is 88.2 Å². The van der Waals surface area contributed by atoms with Crippen LogP contribution in [0.1, 0.15) is 56.3 Å². The standard InChI is InChI=1S/C24H33N3O5/c1-16(2)25-21(28)20-15-32-24(11-13-26(14-12-24)22(29)17-5-4-6-17)27(20)23(30)18-7-9-19(31-3)10-8-18/h7-10,16-17,20H,4-6,11-15H2,1-3H3,(H,25,28). The lowest BCUT2D eigenvalue weighted by Crippen LogP contribution is -2.60. The van der Waals surface area contributed by atoms with E-state index in [4.69, 9.17) is 9.47 Å². The van der Waals surface area contributed by atoms with E-state index >= 15 is 0 Å². The molecule has 174 valence electrons. The molecule has 2 saturated heterocycles. The maximum Gasteiger partial charge on any atom is 0.256 e. The van der Waals surface area contributed by atoms with Crippen LogP contribution in [0.5, 0.6) is 5.75 Å². The molecular weight excluding hydrogens is 410 g/mol. The van der Waals surface area contributed by atoms with Gasteiger partial charge in [-0.3, -0.25) is 19.3 Å². The van der Waals surface area contributed by atoms with Gasteiger partial charge in [0.25, 0.3) is 5.91 Å². The van der Waals surface area contributed by atoms with Gasteiger partial charge < -0.3 is 19.7 Å². The summed E-state index contributed by atoms with van der Waals surface area (Å²) in [7, 11) is 1.57. The van der Waals surface area contributed by atoms with E-state index in [1.165, 1.54) is 0 Å². The Kier molecular flexibility index (Phi) is 6.42. The lowest BCUT2D eigenvalue weighted by atomic mass is 9.83. The zero-order valence-electron chi connectivity index (χ0n) is 19.1. The molecule has 0 radical (unpaired) electrons. The number of ether oxygens (including phenoxy) is 2. The number of likely N-dealkylation sites (tertiary alicyclic amines) is 1. The van der Waals surface area contributed by atoms with Crippen LogP contribution in [-0.2, 0) is 14.3 Å². The van der Waals surface area contributed by atoms with Gasteiger partial charge in [0, 0.05) is 43.5 Å². The Morgan fingerprint density at radius 1 is 1.12 bits per heavy atom. The molecule has 4 rings (SSSR count). The van der Waals surface area contributed by atoms with Crippen LogP contribution in [-0.4, -0.2) is 72.1 Å². The highest BCUT2D eigenvalue weighted by atomic mass is 16.5. The number of nitrogens with one attached hydrogen (secondary N) is 1. The second-order valence-corrected chi connectivity index (χ2v) is 9.29. The van der Waals surface area contributed by atoms with Crippen molar-refractivity contribution in [3.63, 3.8) is 0 Å². The van der Waals surface area contributed by atoms with Crippen molar-refractivity contribution in [1.82, 2.24) is 15.1 Å². The molecule has 1 aromatic rings. The molecule has 2 heterocycles. The predicted octanol–water partition coefficient (Wildman–Crippen LogP) is 2.18. The highest BCUT2D eigenvalue weighted by Crippen LogP contribution is 2.39. The summed E-state index contributed by atoms with van der Waals surface area (Å²) in [6.45, 7) is 4.99. The molecular formula is C24H33N3O5. The first-order valence-corrected chi connectivity index (χ1v) is 11.6. The molecule has 8 nitrogen and oxygen atoms in total. The fraction of sp³-hybridized carbons (Fsp3) is 0.625. The third kappa shape index (κ3) is 4.20. The summed E-state index contributed by atoms with van der Waals surface area (Å²) < 4.78 is 11.4. The summed E-state index contributed by atoms with van der Waals surface area (Å²) in [6.07, 6.45) is 4.05. The summed E-state index contributed by atoms with van der Waals surface area (Å²) in [5.41, 5.74) is -0.405. The van der Waals surface area contributed by atoms with Crippen molar-refractivity contribution < 1.29 is 23.9 Å². The number of methoxy groups -OCH3 is 1. The number of carbonyl (C=O) groups excluding carboxylic acids is 3. The van der Waals surface area contributed by atoms with Crippen molar-refractivity contribution in [2.24, 2.45) is 5.92 Å². The summed E-state index contributed by atoms with van der Waals surface area (Å²) >= 11 is 0. The fourth-order valence-electron chi connectivity index (χ4n) is 4.81. The first kappa shape index (κ1) is 22.6. The zero-order valence-corrected chi connectivity index (χ0v) is 19.1. The van der Waals surface area contributed by atoms with E-state index in [0.29, 0.717) is 37.2 Å². The molecule has 1 atom stereocenters. The molecule has 1 saturated carbocycles. The Hall–Kier alpha value is -2.61. The fourth-order valence-corrected chi connectivity index (χ4v) is 4.81. The van der Waals surface area contributed by atoms with Gasteiger partial charge in [-0.1, -0.05) is 6.42 Å². The Bertz CT molecular complexity index is 857. The number of amides is 3. The molecule has 1 unspecified atom stereocenters. The molecule has 1 aliphatic carbocycles. The van der Waals surface area contributed by atoms with Gasteiger partial charge in [0.05, 0.1) is 13.7 Å². The summed E-state index contributed by atoms with van der Waals surface area (Å²) in [4.78, 5) is 42.8. The van der Waals surface area contributed by atoms with Crippen LogP contribution in [0.25, 0.3) is 0 Å². The molecule has 32 heavy (non-hydrogen) atoms. The van der Waals surface area contributed by atoms with Gasteiger partial charge in [-0.25, -0.2) is 0 Å². The monoisotopic (exact) mass is 443 g/mol. The number of nitrogens with zero attached hydrogens (tertiary/aromatic N) is 2. The van der Waals surface area contributed by atoms with E-state index in [1.807, 2.05) is 18.7 Å². The molecule has 8 heteroatoms. The lowest BCUT2D eigenvalue weighted by Gasteiger charge is -2.45. The normalized spacial score (nSPS) is 22.7. The van der Waals surface area contributed by atoms with E-state index in [-0.39, 0.29) is 36.3 Å². The Balaban J connectivity index is 1.56. The molecule has 0 bridgehead atoms. The van der Waals surface area contributed by atoms with Gasteiger partial charge >= 0.3 is 0 Å². The quantitative estimate of drug-likeness (QED) is 0.754. The first-order valence-electron chi connectivity index (χ1n) is 11.6. The minimum absolute atomic E-state index is 0.0427. The van der Waals surface area contributed by atoms with E-state index < -0.39 is 11.8 Å². The van der Waals surface area contributed by atoms with Crippen molar-refractivity contribution >= 4 is 17.7 Å². The third-order valence-corrected chi connectivity index (χ3v) is 6.86. The van der Waals surface area contributed by atoms with Crippen LogP contribution < -0.4 is 10.1 Å². The van der Waals surface area contributed by atoms with Crippen molar-refractivity contribution in [3.05, 3.63) is 29.8 Å². The molecule has 1 N–H and O–H groups in total. The van der Waals surface area contributed by atoms with Gasteiger partial charge in [-0.2, -0.15) is 0 Å². The van der Waals surface area contributed by atoms with E-state index in [1.54, 1.807) is 36.3 Å². The van der Waals surface area contributed by atoms with Crippen LogP contribution in [0.4, 0.5) is 0 Å². The number of benzene rings is 1. The number of hydrogen-bond donors (Lipinski definition) is 1. The molecule has 3 fully saturated rings. The summed E-state index contributed by atoms with van der Waals surface area (Å²) in [5.74, 6) is 0.562. The molecule has 3 aliphatic rings. The Labute approximate surface area is 189 Å². The van der Waals surface area contributed by atoms with Gasteiger partial charge in [0.15, 0.2) is 0 Å². The minimum Gasteiger partial charge on any atom is -0.497 e. The van der Waals surface area contributed by atoms with E-state index in [0.717, 1.165) is 19.3 Å². The number of piperidine rings is 1. The maximum atomic E-state index is 13.6. The van der Waals surface area contributed by atoms with Crippen molar-refractivity contribution in [2.75, 3.05) is 26.8 Å². The van der Waals surface area contributed by atoms with Gasteiger partial charge in [-0.15, -0.1) is 0 Å². The largest absolute Gasteiger partial charge is 0.497 e. The van der Waals surface area contributed by atoms with Crippen molar-refractivity contribution in [2.45, 2.75) is 63.8 Å². The number of hydrogen-bond acceptors (Lipinski definition) is 5. The van der Waals surface area contributed by atoms with E-state index in [2.05, 4.69) is 5.32 Å². The second kappa shape index (κ2) is 9.10. The first-order chi connectivity index (χ1) is 15.3. The average molecular weight is 444 g/mol. The van der Waals surface area contributed by atoms with Crippen LogP contribution in [0, 0.1) is 5.92 Å². The number of rotatable bonds is 5. The van der Waals surface area contributed by atoms with Gasteiger partial charge in [0.2, 0.25) is 11.8 Å². The molecule has 2 aliphatic heterocycles. The lowest BCUT2D eigenvalue weighted by molar-refractivity contribution is -0.149. The molecule has 1 spiro atoms. The molecule has 1 aromatic carbocycles. The van der Waals surface area contributed by atoms with E-state index in [9.17, 15) is 14.4 Å². The molecule has 3 amide bonds. The highest BCUT2D eigenvalue weighted by molar-refractivity contribution is 5.98. The zero-order chi connectivity index (χ0) is 22.9. The smallest absolute Gasteiger partial charge is 0.256 e. The third-order valence-electron chi connectivity index (χ3n) is 6.86. The Morgan fingerprint density at radius 2 is 1.78 bits per heavy atom. The van der Waals surface area contributed by atoms with Gasteiger partial charge in [-0.05, 0) is 51.0 Å². The van der Waals surface area contributed by atoms with Crippen molar-refractivity contribution in [1.29, 1.82) is 0 Å². The Morgan fingerprint density at radius 3 is 2.31 bits per heavy atom. The van der Waals surface area contributed by atoms with Crippen LogP contribution in [0.15, 0.2) is 24.3 Å².